The van der Waals surface area contributed by atoms with Crippen LogP contribution in [-0.2, 0) is 11.3 Å². The van der Waals surface area contributed by atoms with E-state index in [1.807, 2.05) is 36.4 Å². The molecule has 5 heteroatoms. The molecule has 1 heterocycles. The van der Waals surface area contributed by atoms with Crippen molar-refractivity contribution in [3.63, 3.8) is 0 Å². The second-order valence-electron chi connectivity index (χ2n) is 6.34. The number of methoxy groups -OCH3 is 1. The second kappa shape index (κ2) is 8.92. The van der Waals surface area contributed by atoms with Gasteiger partial charge in [-0.05, 0) is 36.4 Å². The van der Waals surface area contributed by atoms with E-state index in [0.717, 1.165) is 22.9 Å². The summed E-state index contributed by atoms with van der Waals surface area (Å²) in [5, 5.41) is 2.96. The van der Waals surface area contributed by atoms with Crippen LogP contribution in [0.15, 0.2) is 53.4 Å². The van der Waals surface area contributed by atoms with Gasteiger partial charge in [0.25, 0.3) is 0 Å². The maximum Gasteiger partial charge on any atom is 0.234 e. The highest BCUT2D eigenvalue weighted by molar-refractivity contribution is 8.00. The zero-order valence-electron chi connectivity index (χ0n) is 14.6. The van der Waals surface area contributed by atoms with E-state index in [1.54, 1.807) is 12.0 Å². The van der Waals surface area contributed by atoms with Gasteiger partial charge in [-0.2, -0.15) is 0 Å². The van der Waals surface area contributed by atoms with Gasteiger partial charge in [-0.15, -0.1) is 11.8 Å². The smallest absolute Gasteiger partial charge is 0.234 e. The Morgan fingerprint density at radius 3 is 2.40 bits per heavy atom. The number of carbonyl (C=O) groups is 1. The molecule has 4 nitrogen and oxygen atoms in total. The third-order valence-electron chi connectivity index (χ3n) is 4.43. The van der Waals surface area contributed by atoms with Crippen molar-refractivity contribution in [2.45, 2.75) is 24.3 Å². The van der Waals surface area contributed by atoms with Gasteiger partial charge in [0, 0.05) is 29.0 Å². The molecule has 0 saturated carbocycles. The summed E-state index contributed by atoms with van der Waals surface area (Å²) in [6, 6.07) is 16.0. The third kappa shape index (κ3) is 5.51. The Balaban J connectivity index is 1.45. The Morgan fingerprint density at radius 2 is 1.76 bits per heavy atom. The normalized spacial score (nSPS) is 14.4. The molecule has 1 saturated heterocycles. The van der Waals surface area contributed by atoms with E-state index in [4.69, 9.17) is 4.74 Å². The summed E-state index contributed by atoms with van der Waals surface area (Å²) in [5.74, 6) is 1.23. The Hall–Kier alpha value is -1.98. The number of benzene rings is 2. The molecule has 0 unspecified atom stereocenters. The van der Waals surface area contributed by atoms with E-state index in [-0.39, 0.29) is 5.91 Å². The van der Waals surface area contributed by atoms with E-state index in [1.165, 1.54) is 43.3 Å². The highest BCUT2D eigenvalue weighted by Gasteiger charge is 2.15. The maximum absolute atomic E-state index is 12.1. The first-order valence-electron chi connectivity index (χ1n) is 8.72. The molecule has 1 aliphatic heterocycles. The molecule has 0 atom stereocenters. The first-order valence-corrected chi connectivity index (χ1v) is 9.71. The number of hydrogen-bond acceptors (Lipinski definition) is 3. The molecule has 3 rings (SSSR count). The van der Waals surface area contributed by atoms with Crippen molar-refractivity contribution in [1.82, 2.24) is 0 Å². The Bertz CT molecular complexity index is 680. The van der Waals surface area contributed by atoms with Crippen molar-refractivity contribution < 1.29 is 14.4 Å². The lowest BCUT2D eigenvalue weighted by Gasteiger charge is -2.12. The van der Waals surface area contributed by atoms with Crippen LogP contribution in [0.1, 0.15) is 18.4 Å². The lowest BCUT2D eigenvalue weighted by atomic mass is 10.2. The van der Waals surface area contributed by atoms with Gasteiger partial charge in [-0.3, -0.25) is 4.79 Å². The highest BCUT2D eigenvalue weighted by atomic mass is 32.2. The largest absolute Gasteiger partial charge is 0.497 e. The molecule has 132 valence electrons. The first kappa shape index (κ1) is 17.8. The summed E-state index contributed by atoms with van der Waals surface area (Å²) in [4.78, 5) is 14.8. The number of amides is 1. The molecule has 1 amide bonds. The van der Waals surface area contributed by atoms with Gasteiger partial charge in [0.1, 0.15) is 12.3 Å². The van der Waals surface area contributed by atoms with Crippen LogP contribution in [0, 0.1) is 0 Å². The van der Waals surface area contributed by atoms with Gasteiger partial charge in [-0.1, -0.05) is 12.1 Å². The van der Waals surface area contributed by atoms with Crippen LogP contribution in [0.2, 0.25) is 0 Å². The zero-order chi connectivity index (χ0) is 17.5. The van der Waals surface area contributed by atoms with Gasteiger partial charge < -0.3 is 15.0 Å². The van der Waals surface area contributed by atoms with E-state index in [2.05, 4.69) is 17.4 Å². The van der Waals surface area contributed by atoms with Gasteiger partial charge in [0.15, 0.2) is 0 Å². The van der Waals surface area contributed by atoms with Gasteiger partial charge in [-0.25, -0.2) is 0 Å². The molecular formula is C20H25N2O2S+. The number of thioether (sulfide) groups is 1. The average molecular weight is 357 g/mol. The molecular weight excluding hydrogens is 332 g/mol. The quantitative estimate of drug-likeness (QED) is 0.749. The summed E-state index contributed by atoms with van der Waals surface area (Å²) < 4.78 is 5.14. The second-order valence-corrected chi connectivity index (χ2v) is 7.39. The number of ether oxygens (including phenoxy) is 1. The predicted molar refractivity (Wildman–Crippen MR) is 102 cm³/mol. The third-order valence-corrected chi connectivity index (χ3v) is 5.44. The van der Waals surface area contributed by atoms with Crippen molar-refractivity contribution in [1.29, 1.82) is 0 Å². The minimum atomic E-state index is 0.0127. The number of anilines is 1. The van der Waals surface area contributed by atoms with Gasteiger partial charge >= 0.3 is 0 Å². The molecule has 2 N–H and O–H groups in total. The Labute approximate surface area is 153 Å². The van der Waals surface area contributed by atoms with Gasteiger partial charge in [0.05, 0.1) is 26.0 Å². The number of carbonyl (C=O) groups excluding carboxylic acids is 1. The van der Waals surface area contributed by atoms with E-state index < -0.39 is 0 Å². The summed E-state index contributed by atoms with van der Waals surface area (Å²) in [6.45, 7) is 3.64. The standard InChI is InChI=1S/C20H24N2O2S/c1-24-18-8-10-19(11-9-18)25-15-20(23)21-17-6-4-16(5-7-17)14-22-12-2-3-13-22/h4-11H,2-3,12-15H2,1H3,(H,21,23)/p+1. The summed E-state index contributed by atoms with van der Waals surface area (Å²) in [6.07, 6.45) is 2.69. The molecule has 0 aromatic heterocycles. The van der Waals surface area contributed by atoms with Crippen molar-refractivity contribution in [2.24, 2.45) is 0 Å². The summed E-state index contributed by atoms with van der Waals surface area (Å²) in [7, 11) is 1.65. The Kier molecular flexibility index (Phi) is 6.36. The maximum atomic E-state index is 12.1. The van der Waals surface area contributed by atoms with Crippen molar-refractivity contribution in [3.8, 4) is 5.75 Å². The molecule has 25 heavy (non-hydrogen) atoms. The van der Waals surface area contributed by atoms with Crippen molar-refractivity contribution in [2.75, 3.05) is 31.3 Å². The zero-order valence-corrected chi connectivity index (χ0v) is 15.4. The van der Waals surface area contributed by atoms with Crippen LogP contribution < -0.4 is 15.0 Å². The topological polar surface area (TPSA) is 42.8 Å². The van der Waals surface area contributed by atoms with Crippen LogP contribution in [0.5, 0.6) is 5.75 Å². The number of quaternary nitrogens is 1. The number of rotatable bonds is 7. The molecule has 2 aromatic rings. The van der Waals surface area contributed by atoms with Crippen LogP contribution in [0.3, 0.4) is 0 Å². The average Bonchev–Trinajstić information content (AvgIpc) is 3.15. The fraction of sp³-hybridized carbons (Fsp3) is 0.350. The molecule has 0 bridgehead atoms. The fourth-order valence-corrected chi connectivity index (χ4v) is 3.76. The number of nitrogens with one attached hydrogen (secondary N) is 2. The predicted octanol–water partition coefficient (Wildman–Crippen LogP) is 2.60. The van der Waals surface area contributed by atoms with Crippen LogP contribution in [0.4, 0.5) is 5.69 Å². The van der Waals surface area contributed by atoms with E-state index >= 15 is 0 Å². The first-order chi connectivity index (χ1) is 12.2. The minimum Gasteiger partial charge on any atom is -0.497 e. The summed E-state index contributed by atoms with van der Waals surface area (Å²) >= 11 is 1.52. The van der Waals surface area contributed by atoms with E-state index in [0.29, 0.717) is 5.75 Å². The van der Waals surface area contributed by atoms with Crippen LogP contribution >= 0.6 is 11.8 Å². The summed E-state index contributed by atoms with van der Waals surface area (Å²) in [5.41, 5.74) is 2.20. The van der Waals surface area contributed by atoms with E-state index in [9.17, 15) is 4.79 Å². The van der Waals surface area contributed by atoms with Gasteiger partial charge in [0.2, 0.25) is 5.91 Å². The number of likely N-dealkylation sites (tertiary alicyclic amines) is 1. The molecule has 1 aliphatic rings. The van der Waals surface area contributed by atoms with Crippen LogP contribution in [0.25, 0.3) is 0 Å². The Morgan fingerprint density at radius 1 is 1.08 bits per heavy atom. The lowest BCUT2D eigenvalue weighted by molar-refractivity contribution is -0.901. The minimum absolute atomic E-state index is 0.0127. The number of hydrogen-bond donors (Lipinski definition) is 2. The molecule has 0 spiro atoms. The molecule has 0 radical (unpaired) electrons. The fourth-order valence-electron chi connectivity index (χ4n) is 3.06. The van der Waals surface area contributed by atoms with Crippen molar-refractivity contribution >= 4 is 23.4 Å². The SMILES string of the molecule is COc1ccc(SCC(=O)Nc2ccc(C[NH+]3CCCC3)cc2)cc1. The van der Waals surface area contributed by atoms with Crippen LogP contribution in [-0.4, -0.2) is 31.9 Å². The molecule has 0 aliphatic carbocycles. The molecule has 2 aromatic carbocycles. The molecule has 1 fully saturated rings. The monoisotopic (exact) mass is 357 g/mol. The highest BCUT2D eigenvalue weighted by Crippen LogP contribution is 2.21. The lowest BCUT2D eigenvalue weighted by Crippen LogP contribution is -3.08. The van der Waals surface area contributed by atoms with Crippen molar-refractivity contribution in [3.05, 3.63) is 54.1 Å².